The van der Waals surface area contributed by atoms with E-state index in [1.54, 1.807) is 0 Å². The molecule has 0 radical (unpaired) electrons. The van der Waals surface area contributed by atoms with E-state index < -0.39 is 12.0 Å². The molecule has 1 saturated heterocycles. The number of hydrogen-bond donors (Lipinski definition) is 0. The molecule has 0 bridgehead atoms. The molecule has 1 aromatic rings. The minimum atomic E-state index is -4.50. The van der Waals surface area contributed by atoms with E-state index in [0.29, 0.717) is 5.82 Å². The molecule has 2 heterocycles. The quantitative estimate of drug-likeness (QED) is 0.746. The van der Waals surface area contributed by atoms with Gasteiger partial charge in [0.1, 0.15) is 10.4 Å². The second-order valence-electron chi connectivity index (χ2n) is 3.56. The third-order valence-corrected chi connectivity index (χ3v) is 2.77. The molecule has 0 N–H and O–H groups in total. The summed E-state index contributed by atoms with van der Waals surface area (Å²) in [4.78, 5) is 8.71. The lowest BCUT2D eigenvalue weighted by Gasteiger charge is -2.17. The first kappa shape index (κ1) is 11.6. The van der Waals surface area contributed by atoms with Gasteiger partial charge in [-0.1, -0.05) is 0 Å². The maximum absolute atomic E-state index is 12.5. The van der Waals surface area contributed by atoms with Crippen LogP contribution in [0.15, 0.2) is 10.7 Å². The molecule has 0 saturated carbocycles. The molecule has 1 aliphatic rings. The summed E-state index contributed by atoms with van der Waals surface area (Å²) in [5.74, 6) is -0.754. The molecule has 1 aromatic heterocycles. The van der Waals surface area contributed by atoms with Crippen LogP contribution in [0.2, 0.25) is 0 Å². The van der Waals surface area contributed by atoms with Gasteiger partial charge in [0.2, 0.25) is 5.82 Å². The Balaban J connectivity index is 2.35. The summed E-state index contributed by atoms with van der Waals surface area (Å²) in [6, 6.07) is 1.51. The monoisotopic (exact) mass is 295 g/mol. The van der Waals surface area contributed by atoms with Crippen LogP contribution in [-0.2, 0) is 6.18 Å². The van der Waals surface area contributed by atoms with Crippen LogP contribution >= 0.6 is 15.9 Å². The first-order valence-electron chi connectivity index (χ1n) is 4.83. The SMILES string of the molecule is FC(F)(F)c1nc(Br)cc(N2CCCC2)n1. The molecule has 0 amide bonds. The van der Waals surface area contributed by atoms with Crippen LogP contribution in [0, 0.1) is 0 Å². The highest BCUT2D eigenvalue weighted by atomic mass is 79.9. The van der Waals surface area contributed by atoms with Gasteiger partial charge in [-0.25, -0.2) is 9.97 Å². The van der Waals surface area contributed by atoms with Crippen molar-refractivity contribution in [2.45, 2.75) is 19.0 Å². The van der Waals surface area contributed by atoms with Crippen molar-refractivity contribution in [2.75, 3.05) is 18.0 Å². The number of alkyl halides is 3. The van der Waals surface area contributed by atoms with Crippen LogP contribution in [-0.4, -0.2) is 23.1 Å². The van der Waals surface area contributed by atoms with Gasteiger partial charge in [-0.2, -0.15) is 13.2 Å². The molecule has 0 atom stereocenters. The predicted octanol–water partition coefficient (Wildman–Crippen LogP) is 2.86. The van der Waals surface area contributed by atoms with Crippen molar-refractivity contribution in [3.63, 3.8) is 0 Å². The summed E-state index contributed by atoms with van der Waals surface area (Å²) in [7, 11) is 0. The molecular formula is C9H9BrF3N3. The molecule has 7 heteroatoms. The van der Waals surface area contributed by atoms with E-state index in [1.807, 2.05) is 4.90 Å². The van der Waals surface area contributed by atoms with E-state index in [0.717, 1.165) is 25.9 Å². The fraction of sp³-hybridized carbons (Fsp3) is 0.556. The summed E-state index contributed by atoms with van der Waals surface area (Å²) < 4.78 is 37.6. The molecule has 16 heavy (non-hydrogen) atoms. The van der Waals surface area contributed by atoms with Gasteiger partial charge < -0.3 is 4.90 Å². The van der Waals surface area contributed by atoms with Gasteiger partial charge in [0.05, 0.1) is 0 Å². The maximum Gasteiger partial charge on any atom is 0.451 e. The first-order chi connectivity index (χ1) is 7.47. The van der Waals surface area contributed by atoms with E-state index in [1.165, 1.54) is 6.07 Å². The minimum Gasteiger partial charge on any atom is -0.356 e. The Kier molecular flexibility index (Phi) is 3.05. The lowest BCUT2D eigenvalue weighted by Crippen LogP contribution is -2.21. The van der Waals surface area contributed by atoms with Crippen LogP contribution in [0.3, 0.4) is 0 Å². The molecule has 0 aromatic carbocycles. The first-order valence-corrected chi connectivity index (χ1v) is 5.63. The largest absolute Gasteiger partial charge is 0.451 e. The van der Waals surface area contributed by atoms with Crippen LogP contribution in [0.4, 0.5) is 19.0 Å². The Bertz CT molecular complexity index is 388. The standard InChI is InChI=1S/C9H9BrF3N3/c10-6-5-7(16-3-1-2-4-16)15-8(14-6)9(11,12)13/h5H,1-4H2. The van der Waals surface area contributed by atoms with Gasteiger partial charge in [0.25, 0.3) is 0 Å². The zero-order valence-corrected chi connectivity index (χ0v) is 9.85. The highest BCUT2D eigenvalue weighted by Crippen LogP contribution is 2.30. The third-order valence-electron chi connectivity index (χ3n) is 2.36. The van der Waals surface area contributed by atoms with Crippen molar-refractivity contribution >= 4 is 21.7 Å². The zero-order chi connectivity index (χ0) is 11.8. The van der Waals surface area contributed by atoms with Crippen molar-refractivity contribution in [3.05, 3.63) is 16.5 Å². The summed E-state index contributed by atoms with van der Waals surface area (Å²) in [5, 5.41) is 0. The van der Waals surface area contributed by atoms with Crippen molar-refractivity contribution in [1.29, 1.82) is 0 Å². The van der Waals surface area contributed by atoms with E-state index in [-0.39, 0.29) is 4.60 Å². The number of halogens is 4. The van der Waals surface area contributed by atoms with Gasteiger partial charge >= 0.3 is 6.18 Å². The average Bonchev–Trinajstić information content (AvgIpc) is 2.68. The smallest absolute Gasteiger partial charge is 0.356 e. The molecule has 1 aliphatic heterocycles. The van der Waals surface area contributed by atoms with Crippen LogP contribution in [0.25, 0.3) is 0 Å². The van der Waals surface area contributed by atoms with Crippen LogP contribution in [0.5, 0.6) is 0 Å². The van der Waals surface area contributed by atoms with E-state index in [9.17, 15) is 13.2 Å². The van der Waals surface area contributed by atoms with Crippen molar-refractivity contribution in [1.82, 2.24) is 9.97 Å². The highest BCUT2D eigenvalue weighted by Gasteiger charge is 2.35. The summed E-state index contributed by atoms with van der Waals surface area (Å²) >= 11 is 2.97. The Labute approximate surface area is 98.8 Å². The van der Waals surface area contributed by atoms with Crippen molar-refractivity contribution < 1.29 is 13.2 Å². The molecule has 0 unspecified atom stereocenters. The summed E-state index contributed by atoms with van der Waals surface area (Å²) in [5.41, 5.74) is 0. The van der Waals surface area contributed by atoms with Gasteiger partial charge in [0, 0.05) is 19.2 Å². The van der Waals surface area contributed by atoms with E-state index >= 15 is 0 Å². The zero-order valence-electron chi connectivity index (χ0n) is 8.26. The van der Waals surface area contributed by atoms with Crippen molar-refractivity contribution in [3.8, 4) is 0 Å². The van der Waals surface area contributed by atoms with Gasteiger partial charge in [-0.3, -0.25) is 0 Å². The fourth-order valence-electron chi connectivity index (χ4n) is 1.64. The number of aromatic nitrogens is 2. The topological polar surface area (TPSA) is 29.0 Å². The minimum absolute atomic E-state index is 0.164. The fourth-order valence-corrected chi connectivity index (χ4v) is 2.01. The average molecular weight is 296 g/mol. The molecule has 2 rings (SSSR count). The van der Waals surface area contributed by atoms with Gasteiger partial charge in [0.15, 0.2) is 0 Å². The Hall–Kier alpha value is -0.850. The second kappa shape index (κ2) is 4.20. The van der Waals surface area contributed by atoms with E-state index in [2.05, 4.69) is 25.9 Å². The van der Waals surface area contributed by atoms with E-state index in [4.69, 9.17) is 0 Å². The normalized spacial score (nSPS) is 16.9. The van der Waals surface area contributed by atoms with Crippen LogP contribution in [0.1, 0.15) is 18.7 Å². The predicted molar refractivity (Wildman–Crippen MR) is 56.2 cm³/mol. The summed E-state index contributed by atoms with van der Waals surface area (Å²) in [6.45, 7) is 1.50. The summed E-state index contributed by atoms with van der Waals surface area (Å²) in [6.07, 6.45) is -2.52. The van der Waals surface area contributed by atoms with Gasteiger partial charge in [-0.15, -0.1) is 0 Å². The number of rotatable bonds is 1. The molecular weight excluding hydrogens is 287 g/mol. The highest BCUT2D eigenvalue weighted by molar-refractivity contribution is 9.10. The molecule has 88 valence electrons. The Morgan fingerprint density at radius 2 is 1.81 bits per heavy atom. The van der Waals surface area contributed by atoms with Crippen LogP contribution < -0.4 is 4.90 Å². The number of nitrogens with zero attached hydrogens (tertiary/aromatic N) is 3. The number of anilines is 1. The van der Waals surface area contributed by atoms with Crippen molar-refractivity contribution in [2.24, 2.45) is 0 Å². The molecule has 1 fully saturated rings. The molecule has 3 nitrogen and oxygen atoms in total. The van der Waals surface area contributed by atoms with Gasteiger partial charge in [-0.05, 0) is 28.8 Å². The second-order valence-corrected chi connectivity index (χ2v) is 4.38. The molecule has 0 spiro atoms. The number of hydrogen-bond acceptors (Lipinski definition) is 3. The lowest BCUT2D eigenvalue weighted by molar-refractivity contribution is -0.145. The molecule has 0 aliphatic carbocycles. The third kappa shape index (κ3) is 2.45. The Morgan fingerprint density at radius 3 is 2.38 bits per heavy atom. The lowest BCUT2D eigenvalue weighted by atomic mass is 10.4. The maximum atomic E-state index is 12.5. The Morgan fingerprint density at radius 1 is 1.19 bits per heavy atom.